The lowest BCUT2D eigenvalue weighted by Gasteiger charge is -2.20. The summed E-state index contributed by atoms with van der Waals surface area (Å²) < 4.78 is 5.55. The molecule has 0 aliphatic carbocycles. The molecule has 2 nitrogen and oxygen atoms in total. The summed E-state index contributed by atoms with van der Waals surface area (Å²) in [5, 5.41) is 0. The van der Waals surface area contributed by atoms with Gasteiger partial charge >= 0.3 is 0 Å². The van der Waals surface area contributed by atoms with E-state index in [0.29, 0.717) is 0 Å². The molecule has 0 spiro atoms. The Morgan fingerprint density at radius 3 is 2.12 bits per heavy atom. The summed E-state index contributed by atoms with van der Waals surface area (Å²) >= 11 is 0. The molecule has 0 atom stereocenters. The van der Waals surface area contributed by atoms with Crippen molar-refractivity contribution in [3.8, 4) is 0 Å². The Morgan fingerprint density at radius 1 is 1.50 bits per heavy atom. The molecule has 0 fully saturated rings. The van der Waals surface area contributed by atoms with Crippen molar-refractivity contribution >= 4 is 18.2 Å². The zero-order chi connectivity index (χ0) is 6.62. The van der Waals surface area contributed by atoms with E-state index in [2.05, 4.69) is 24.6 Å². The third-order valence-electron chi connectivity index (χ3n) is 1.11. The Kier molecular flexibility index (Phi) is 3.54. The first-order chi connectivity index (χ1) is 3.62. The summed E-state index contributed by atoms with van der Waals surface area (Å²) in [7, 11) is 0.401. The average Bonchev–Trinajstić information content (AvgIpc) is 1.67. The van der Waals surface area contributed by atoms with Gasteiger partial charge < -0.3 is 9.10 Å². The summed E-state index contributed by atoms with van der Waals surface area (Å²) in [5.41, 5.74) is 0. The molecule has 8 heavy (non-hydrogen) atoms. The Morgan fingerprint density at radius 2 is 2.00 bits per heavy atom. The van der Waals surface area contributed by atoms with Crippen LogP contribution in [0.25, 0.3) is 0 Å². The summed E-state index contributed by atoms with van der Waals surface area (Å²) in [6.45, 7) is 6.50. The van der Waals surface area contributed by atoms with Crippen molar-refractivity contribution in [2.75, 3.05) is 7.05 Å². The van der Waals surface area contributed by atoms with Crippen molar-refractivity contribution in [3.05, 3.63) is 0 Å². The number of rotatable bonds is 3. The standard InChI is InChI=1S/C4H15NOSi2/c1-5-8(3,4)6-7-2/h5H,7H2,1-4H3. The van der Waals surface area contributed by atoms with Crippen LogP contribution in [0.3, 0.4) is 0 Å². The fraction of sp³-hybridized carbons (Fsp3) is 1.00. The Hall–Kier alpha value is 0.354. The Bertz CT molecular complexity index is 67.1. The van der Waals surface area contributed by atoms with Crippen LogP contribution < -0.4 is 4.98 Å². The highest BCUT2D eigenvalue weighted by Gasteiger charge is 2.17. The molecule has 1 N–H and O–H groups in total. The van der Waals surface area contributed by atoms with E-state index in [1.54, 1.807) is 0 Å². The molecule has 0 rings (SSSR count). The van der Waals surface area contributed by atoms with Crippen LogP contribution in [0.2, 0.25) is 19.6 Å². The second kappa shape index (κ2) is 3.39. The first kappa shape index (κ1) is 8.35. The molecule has 0 aromatic carbocycles. The SMILES string of the molecule is CN[Si](C)(C)O[SiH2]C. The first-order valence-corrected chi connectivity index (χ1v) is 7.85. The highest BCUT2D eigenvalue weighted by molar-refractivity contribution is 6.72. The van der Waals surface area contributed by atoms with Crippen molar-refractivity contribution in [2.45, 2.75) is 19.6 Å². The number of nitrogens with one attached hydrogen (secondary N) is 1. The highest BCUT2D eigenvalue weighted by atomic mass is 28.4. The molecule has 0 aliphatic heterocycles. The van der Waals surface area contributed by atoms with E-state index in [1.807, 2.05) is 7.05 Å². The van der Waals surface area contributed by atoms with E-state index in [-0.39, 0.29) is 9.76 Å². The monoisotopic (exact) mass is 149 g/mol. The third-order valence-corrected chi connectivity index (χ3v) is 6.35. The largest absolute Gasteiger partial charge is 0.450 e. The van der Waals surface area contributed by atoms with Gasteiger partial charge in [0.2, 0.25) is 0 Å². The minimum atomic E-state index is -1.37. The van der Waals surface area contributed by atoms with E-state index < -0.39 is 8.48 Å². The van der Waals surface area contributed by atoms with Crippen molar-refractivity contribution < 1.29 is 4.12 Å². The molecule has 0 aromatic heterocycles. The second-order valence-corrected chi connectivity index (χ2v) is 7.45. The van der Waals surface area contributed by atoms with Crippen molar-refractivity contribution in [1.29, 1.82) is 0 Å². The lowest BCUT2D eigenvalue weighted by molar-refractivity contribution is 0.576. The maximum Gasteiger partial charge on any atom is 0.251 e. The molecule has 0 unspecified atom stereocenters. The van der Waals surface area contributed by atoms with E-state index in [4.69, 9.17) is 4.12 Å². The fourth-order valence-corrected chi connectivity index (χ4v) is 3.90. The predicted octanol–water partition coefficient (Wildman–Crippen LogP) is 0.0561. The van der Waals surface area contributed by atoms with Crippen LogP contribution in [0.5, 0.6) is 0 Å². The Labute approximate surface area is 54.8 Å². The topological polar surface area (TPSA) is 21.3 Å². The van der Waals surface area contributed by atoms with Gasteiger partial charge in [0, 0.05) is 0 Å². The quantitative estimate of drug-likeness (QED) is 0.573. The zero-order valence-electron chi connectivity index (χ0n) is 6.12. The minimum Gasteiger partial charge on any atom is -0.450 e. The second-order valence-electron chi connectivity index (χ2n) is 2.19. The molecule has 0 aromatic rings. The molecule has 0 amide bonds. The van der Waals surface area contributed by atoms with Crippen molar-refractivity contribution in [1.82, 2.24) is 4.98 Å². The predicted molar refractivity (Wildman–Crippen MR) is 42.0 cm³/mol. The van der Waals surface area contributed by atoms with Crippen LogP contribution in [-0.4, -0.2) is 25.3 Å². The van der Waals surface area contributed by atoms with Crippen LogP contribution in [0, 0.1) is 0 Å². The zero-order valence-corrected chi connectivity index (χ0v) is 8.53. The van der Waals surface area contributed by atoms with Crippen LogP contribution in [-0.2, 0) is 4.12 Å². The molecule has 0 aliphatic rings. The van der Waals surface area contributed by atoms with Gasteiger partial charge in [-0.15, -0.1) is 0 Å². The van der Waals surface area contributed by atoms with E-state index >= 15 is 0 Å². The molecule has 0 heterocycles. The van der Waals surface area contributed by atoms with Crippen LogP contribution >= 0.6 is 0 Å². The van der Waals surface area contributed by atoms with Gasteiger partial charge in [0.15, 0.2) is 0 Å². The molecule has 0 radical (unpaired) electrons. The first-order valence-electron chi connectivity index (χ1n) is 2.95. The number of hydrogen-bond acceptors (Lipinski definition) is 2. The fourth-order valence-electron chi connectivity index (χ4n) is 0.433. The molecule has 0 saturated carbocycles. The van der Waals surface area contributed by atoms with Gasteiger partial charge in [-0.3, -0.25) is 0 Å². The van der Waals surface area contributed by atoms with Gasteiger partial charge in [0.1, 0.15) is 9.76 Å². The third kappa shape index (κ3) is 3.37. The number of hydrogen-bond donors (Lipinski definition) is 1. The minimum absolute atomic E-state index is 0.202. The average molecular weight is 149 g/mol. The van der Waals surface area contributed by atoms with Gasteiger partial charge in [-0.05, 0) is 20.1 Å². The van der Waals surface area contributed by atoms with Gasteiger partial charge in [0.05, 0.1) is 0 Å². The maximum absolute atomic E-state index is 5.55. The maximum atomic E-state index is 5.55. The van der Waals surface area contributed by atoms with Crippen molar-refractivity contribution in [2.24, 2.45) is 0 Å². The van der Waals surface area contributed by atoms with Gasteiger partial charge in [-0.25, -0.2) is 0 Å². The summed E-state index contributed by atoms with van der Waals surface area (Å²) in [5.74, 6) is 0. The van der Waals surface area contributed by atoms with Crippen molar-refractivity contribution in [3.63, 3.8) is 0 Å². The van der Waals surface area contributed by atoms with E-state index in [1.165, 1.54) is 0 Å². The van der Waals surface area contributed by atoms with E-state index in [0.717, 1.165) is 0 Å². The molecule has 0 saturated heterocycles. The van der Waals surface area contributed by atoms with E-state index in [9.17, 15) is 0 Å². The van der Waals surface area contributed by atoms with Gasteiger partial charge in [-0.1, -0.05) is 6.55 Å². The molecular formula is C4H15NOSi2. The van der Waals surface area contributed by atoms with Gasteiger partial charge in [0.25, 0.3) is 8.48 Å². The molecule has 50 valence electrons. The van der Waals surface area contributed by atoms with Gasteiger partial charge in [-0.2, -0.15) is 0 Å². The summed E-state index contributed by atoms with van der Waals surface area (Å²) in [6, 6.07) is 0. The lowest BCUT2D eigenvalue weighted by atomic mass is 11.6. The summed E-state index contributed by atoms with van der Waals surface area (Å²) in [6.07, 6.45) is 0. The summed E-state index contributed by atoms with van der Waals surface area (Å²) in [4.78, 5) is 3.19. The smallest absolute Gasteiger partial charge is 0.251 e. The highest BCUT2D eigenvalue weighted by Crippen LogP contribution is 1.94. The lowest BCUT2D eigenvalue weighted by Crippen LogP contribution is -2.45. The molecule has 4 heteroatoms. The molecule has 0 bridgehead atoms. The van der Waals surface area contributed by atoms with Crippen LogP contribution in [0.4, 0.5) is 0 Å². The van der Waals surface area contributed by atoms with Crippen LogP contribution in [0.15, 0.2) is 0 Å². The normalized spacial score (nSPS) is 13.5. The van der Waals surface area contributed by atoms with Crippen LogP contribution in [0.1, 0.15) is 0 Å². The molecular weight excluding hydrogens is 134 g/mol. The Balaban J connectivity index is 3.37.